The van der Waals surface area contributed by atoms with Gasteiger partial charge in [-0.15, -0.1) is 0 Å². The molecule has 0 aromatic carbocycles. The number of nitrogens with zero attached hydrogens (tertiary/aromatic N) is 2. The van der Waals surface area contributed by atoms with Gasteiger partial charge in [0.2, 0.25) is 0 Å². The summed E-state index contributed by atoms with van der Waals surface area (Å²) in [5, 5.41) is 0. The minimum Gasteiger partial charge on any atom is -0.378 e. The van der Waals surface area contributed by atoms with Crippen LogP contribution in [0.15, 0.2) is 4.99 Å². The van der Waals surface area contributed by atoms with Crippen LogP contribution in [0.1, 0.15) is 40.0 Å². The van der Waals surface area contributed by atoms with Gasteiger partial charge in [-0.25, -0.2) is 0 Å². The Morgan fingerprint density at radius 1 is 1.59 bits per heavy atom. The van der Waals surface area contributed by atoms with Gasteiger partial charge in [-0.2, -0.15) is 0 Å². The van der Waals surface area contributed by atoms with Crippen LogP contribution in [-0.4, -0.2) is 42.2 Å². The van der Waals surface area contributed by atoms with E-state index in [9.17, 15) is 0 Å². The molecular formula is C13H25N3O. The SMILES string of the molecule is CCC1CC2(CCO1)CN=C(N)N2CC(C)C. The first-order valence-electron chi connectivity index (χ1n) is 6.76. The summed E-state index contributed by atoms with van der Waals surface area (Å²) in [6, 6.07) is 0. The molecule has 0 radical (unpaired) electrons. The minimum atomic E-state index is 0.146. The van der Waals surface area contributed by atoms with Crippen molar-refractivity contribution >= 4 is 5.96 Å². The molecule has 2 atom stereocenters. The maximum atomic E-state index is 6.05. The quantitative estimate of drug-likeness (QED) is 0.814. The molecule has 2 aliphatic rings. The molecule has 17 heavy (non-hydrogen) atoms. The van der Waals surface area contributed by atoms with Crippen LogP contribution in [0, 0.1) is 5.92 Å². The smallest absolute Gasteiger partial charge is 0.191 e. The minimum absolute atomic E-state index is 0.146. The molecule has 2 heterocycles. The van der Waals surface area contributed by atoms with Gasteiger partial charge in [-0.3, -0.25) is 4.99 Å². The van der Waals surface area contributed by atoms with Crippen LogP contribution in [0.4, 0.5) is 0 Å². The lowest BCUT2D eigenvalue weighted by molar-refractivity contribution is -0.0501. The average molecular weight is 239 g/mol. The van der Waals surface area contributed by atoms with Crippen LogP contribution < -0.4 is 5.73 Å². The molecule has 4 heteroatoms. The number of rotatable bonds is 3. The molecule has 0 saturated carbocycles. The summed E-state index contributed by atoms with van der Waals surface area (Å²) < 4.78 is 5.78. The summed E-state index contributed by atoms with van der Waals surface area (Å²) >= 11 is 0. The van der Waals surface area contributed by atoms with Crippen molar-refractivity contribution in [3.63, 3.8) is 0 Å². The number of hydrogen-bond donors (Lipinski definition) is 1. The van der Waals surface area contributed by atoms with Gasteiger partial charge in [0.05, 0.1) is 18.2 Å². The van der Waals surface area contributed by atoms with Crippen LogP contribution in [0.2, 0.25) is 0 Å². The van der Waals surface area contributed by atoms with Crippen LogP contribution in [0.25, 0.3) is 0 Å². The molecule has 1 saturated heterocycles. The molecule has 0 aromatic rings. The molecule has 2 aliphatic heterocycles. The van der Waals surface area contributed by atoms with Crippen molar-refractivity contribution in [1.82, 2.24) is 4.90 Å². The van der Waals surface area contributed by atoms with Crippen LogP contribution in [0.3, 0.4) is 0 Å². The number of nitrogens with two attached hydrogens (primary N) is 1. The van der Waals surface area contributed by atoms with Gasteiger partial charge in [0.1, 0.15) is 0 Å². The Bertz CT molecular complexity index is 303. The van der Waals surface area contributed by atoms with E-state index in [2.05, 4.69) is 30.7 Å². The topological polar surface area (TPSA) is 50.9 Å². The molecule has 1 fully saturated rings. The predicted molar refractivity (Wildman–Crippen MR) is 70.0 cm³/mol. The molecule has 2 unspecified atom stereocenters. The molecule has 2 rings (SSSR count). The first kappa shape index (κ1) is 12.7. The van der Waals surface area contributed by atoms with Gasteiger partial charge in [0, 0.05) is 13.2 Å². The first-order valence-corrected chi connectivity index (χ1v) is 6.76. The molecular weight excluding hydrogens is 214 g/mol. The van der Waals surface area contributed by atoms with Crippen LogP contribution in [0.5, 0.6) is 0 Å². The summed E-state index contributed by atoms with van der Waals surface area (Å²) in [7, 11) is 0. The van der Waals surface area contributed by atoms with Crippen molar-refractivity contribution in [3.05, 3.63) is 0 Å². The van der Waals surface area contributed by atoms with Crippen molar-refractivity contribution in [3.8, 4) is 0 Å². The third-order valence-electron chi connectivity index (χ3n) is 3.92. The van der Waals surface area contributed by atoms with Gasteiger partial charge in [-0.05, 0) is 25.2 Å². The Morgan fingerprint density at radius 2 is 2.35 bits per heavy atom. The van der Waals surface area contributed by atoms with E-state index in [1.807, 2.05) is 0 Å². The zero-order valence-corrected chi connectivity index (χ0v) is 11.3. The molecule has 4 nitrogen and oxygen atoms in total. The number of hydrogen-bond acceptors (Lipinski definition) is 4. The summed E-state index contributed by atoms with van der Waals surface area (Å²) in [5.74, 6) is 1.34. The lowest BCUT2D eigenvalue weighted by Crippen LogP contribution is -2.57. The van der Waals surface area contributed by atoms with Gasteiger partial charge >= 0.3 is 0 Å². The zero-order valence-electron chi connectivity index (χ0n) is 11.3. The standard InChI is InChI=1S/C13H25N3O/c1-4-11-7-13(5-6-17-11)9-15-12(14)16(13)8-10(2)3/h10-11H,4-9H2,1-3H3,(H2,14,15). The van der Waals surface area contributed by atoms with E-state index in [1.54, 1.807) is 0 Å². The van der Waals surface area contributed by atoms with Crippen molar-refractivity contribution in [2.75, 3.05) is 19.7 Å². The fraction of sp³-hybridized carbons (Fsp3) is 0.923. The molecule has 0 amide bonds. The van der Waals surface area contributed by atoms with Crippen molar-refractivity contribution in [1.29, 1.82) is 0 Å². The van der Waals surface area contributed by atoms with E-state index in [4.69, 9.17) is 10.5 Å². The van der Waals surface area contributed by atoms with E-state index < -0.39 is 0 Å². The first-order chi connectivity index (χ1) is 8.07. The molecule has 98 valence electrons. The van der Waals surface area contributed by atoms with E-state index in [1.165, 1.54) is 0 Å². The molecule has 0 aromatic heterocycles. The largest absolute Gasteiger partial charge is 0.378 e. The number of ether oxygens (including phenoxy) is 1. The second-order valence-corrected chi connectivity index (χ2v) is 5.76. The molecule has 0 aliphatic carbocycles. The number of guanidine groups is 1. The van der Waals surface area contributed by atoms with E-state index in [-0.39, 0.29) is 5.54 Å². The maximum Gasteiger partial charge on any atom is 0.191 e. The highest BCUT2D eigenvalue weighted by molar-refractivity contribution is 5.81. The third-order valence-corrected chi connectivity index (χ3v) is 3.92. The Kier molecular flexibility index (Phi) is 3.61. The molecule has 0 bridgehead atoms. The monoisotopic (exact) mass is 239 g/mol. The van der Waals surface area contributed by atoms with E-state index in [0.717, 1.165) is 44.9 Å². The highest BCUT2D eigenvalue weighted by Crippen LogP contribution is 2.35. The summed E-state index contributed by atoms with van der Waals surface area (Å²) in [6.45, 7) is 9.36. The van der Waals surface area contributed by atoms with Crippen molar-refractivity contribution < 1.29 is 4.74 Å². The van der Waals surface area contributed by atoms with Gasteiger partial charge < -0.3 is 15.4 Å². The predicted octanol–water partition coefficient (Wildman–Crippen LogP) is 1.60. The number of aliphatic imine (C=N–C) groups is 1. The highest BCUT2D eigenvalue weighted by Gasteiger charge is 2.45. The van der Waals surface area contributed by atoms with Gasteiger partial charge in [-0.1, -0.05) is 20.8 Å². The Labute approximate surface area is 104 Å². The lowest BCUT2D eigenvalue weighted by Gasteiger charge is -2.45. The van der Waals surface area contributed by atoms with Gasteiger partial charge in [0.15, 0.2) is 5.96 Å². The van der Waals surface area contributed by atoms with Crippen LogP contribution >= 0.6 is 0 Å². The lowest BCUT2D eigenvalue weighted by atomic mass is 9.84. The fourth-order valence-electron chi connectivity index (χ4n) is 2.95. The normalized spacial score (nSPS) is 33.5. The highest BCUT2D eigenvalue weighted by atomic mass is 16.5. The van der Waals surface area contributed by atoms with E-state index >= 15 is 0 Å². The molecule has 1 spiro atoms. The fourth-order valence-corrected chi connectivity index (χ4v) is 2.95. The maximum absolute atomic E-state index is 6.05. The molecule has 2 N–H and O–H groups in total. The average Bonchev–Trinajstić information content (AvgIpc) is 2.58. The summed E-state index contributed by atoms with van der Waals surface area (Å²) in [6.07, 6.45) is 3.58. The summed E-state index contributed by atoms with van der Waals surface area (Å²) in [4.78, 5) is 6.82. The van der Waals surface area contributed by atoms with Gasteiger partial charge in [0.25, 0.3) is 0 Å². The summed E-state index contributed by atoms with van der Waals surface area (Å²) in [5.41, 5.74) is 6.20. The second-order valence-electron chi connectivity index (χ2n) is 5.76. The van der Waals surface area contributed by atoms with Crippen LogP contribution in [-0.2, 0) is 4.74 Å². The Balaban J connectivity index is 2.12. The Morgan fingerprint density at radius 3 is 3.00 bits per heavy atom. The third kappa shape index (κ3) is 2.41. The van der Waals surface area contributed by atoms with E-state index in [0.29, 0.717) is 12.0 Å². The zero-order chi connectivity index (χ0) is 12.5. The van der Waals surface area contributed by atoms with Crippen molar-refractivity contribution in [2.24, 2.45) is 16.6 Å². The second kappa shape index (κ2) is 4.84. The van der Waals surface area contributed by atoms with Crippen molar-refractivity contribution in [2.45, 2.75) is 51.7 Å². The Hall–Kier alpha value is -0.770.